The van der Waals surface area contributed by atoms with Crippen molar-refractivity contribution in [2.24, 2.45) is 0 Å². The van der Waals surface area contributed by atoms with Gasteiger partial charge in [-0.25, -0.2) is 4.79 Å². The molecule has 0 spiro atoms. The lowest BCUT2D eigenvalue weighted by molar-refractivity contribution is -0.150. The third-order valence-electron chi connectivity index (χ3n) is 4.20. The third-order valence-corrected chi connectivity index (χ3v) is 4.20. The van der Waals surface area contributed by atoms with Gasteiger partial charge in [0, 0.05) is 24.1 Å². The van der Waals surface area contributed by atoms with Crippen molar-refractivity contribution in [3.63, 3.8) is 0 Å². The van der Waals surface area contributed by atoms with Crippen LogP contribution < -0.4 is 14.2 Å². The quantitative estimate of drug-likeness (QED) is 0.462. The van der Waals surface area contributed by atoms with E-state index in [1.54, 1.807) is 12.1 Å². The first kappa shape index (κ1) is 15.5. The zero-order valence-electron chi connectivity index (χ0n) is 13.3. The Balaban J connectivity index is 1.63. The van der Waals surface area contributed by atoms with E-state index in [0.29, 0.717) is 23.5 Å². The Morgan fingerprint density at radius 3 is 2.76 bits per heavy atom. The molecule has 0 radical (unpaired) electrons. The second kappa shape index (κ2) is 5.80. The van der Waals surface area contributed by atoms with Gasteiger partial charge in [0.1, 0.15) is 23.0 Å². The third kappa shape index (κ3) is 2.79. The minimum atomic E-state index is -0.721. The van der Waals surface area contributed by atoms with Crippen molar-refractivity contribution in [2.75, 3.05) is 7.11 Å². The van der Waals surface area contributed by atoms with Crippen LogP contribution in [0, 0.1) is 0 Å². The summed E-state index contributed by atoms with van der Waals surface area (Å²) in [7, 11) is 1.48. The number of benzene rings is 1. The van der Waals surface area contributed by atoms with Gasteiger partial charge < -0.3 is 23.7 Å². The van der Waals surface area contributed by atoms with Crippen molar-refractivity contribution in [3.05, 3.63) is 29.5 Å². The number of hydrogen-bond acceptors (Lipinski definition) is 8. The van der Waals surface area contributed by atoms with Gasteiger partial charge in [0.15, 0.2) is 0 Å². The molecule has 2 atom stereocenters. The summed E-state index contributed by atoms with van der Waals surface area (Å²) < 4.78 is 26.2. The van der Waals surface area contributed by atoms with Gasteiger partial charge >= 0.3 is 17.9 Å². The highest BCUT2D eigenvalue weighted by Crippen LogP contribution is 2.50. The lowest BCUT2D eigenvalue weighted by Gasteiger charge is -2.11. The molecule has 0 aromatic heterocycles. The van der Waals surface area contributed by atoms with Gasteiger partial charge in [0.2, 0.25) is 0 Å². The molecule has 0 aliphatic carbocycles. The zero-order valence-corrected chi connectivity index (χ0v) is 13.3. The molecule has 1 aromatic carbocycles. The van der Waals surface area contributed by atoms with Crippen LogP contribution in [0.3, 0.4) is 0 Å². The van der Waals surface area contributed by atoms with E-state index >= 15 is 0 Å². The molecule has 2 saturated heterocycles. The van der Waals surface area contributed by atoms with Crippen LogP contribution in [0.5, 0.6) is 17.2 Å². The van der Waals surface area contributed by atoms with E-state index < -0.39 is 12.3 Å². The fraction of sp³-hybridized carbons (Fsp3) is 0.353. The molecular formula is C17H14O8. The van der Waals surface area contributed by atoms with Crippen LogP contribution in [0.2, 0.25) is 0 Å². The van der Waals surface area contributed by atoms with Crippen LogP contribution in [-0.2, 0) is 23.9 Å². The number of methoxy groups -OCH3 is 1. The molecule has 2 fully saturated rings. The van der Waals surface area contributed by atoms with Crippen LogP contribution in [0.4, 0.5) is 0 Å². The van der Waals surface area contributed by atoms with Crippen molar-refractivity contribution in [2.45, 2.75) is 31.5 Å². The van der Waals surface area contributed by atoms with Gasteiger partial charge in [0.05, 0.1) is 31.9 Å². The summed E-state index contributed by atoms with van der Waals surface area (Å²) in [4.78, 5) is 34.7. The largest absolute Gasteiger partial charge is 0.496 e. The fourth-order valence-electron chi connectivity index (χ4n) is 3.09. The molecule has 0 unspecified atom stereocenters. The average molecular weight is 346 g/mol. The van der Waals surface area contributed by atoms with E-state index in [1.807, 2.05) is 0 Å². The number of carbonyl (C=O) groups is 3. The van der Waals surface area contributed by atoms with Gasteiger partial charge in [0.25, 0.3) is 6.29 Å². The molecule has 3 aliphatic heterocycles. The van der Waals surface area contributed by atoms with Crippen LogP contribution in [0.15, 0.2) is 24.0 Å². The Morgan fingerprint density at radius 2 is 2.04 bits per heavy atom. The first-order valence-corrected chi connectivity index (χ1v) is 7.74. The van der Waals surface area contributed by atoms with Crippen LogP contribution in [0.1, 0.15) is 30.7 Å². The van der Waals surface area contributed by atoms with E-state index in [-0.39, 0.29) is 42.2 Å². The predicted molar refractivity (Wildman–Crippen MR) is 79.9 cm³/mol. The predicted octanol–water partition coefficient (Wildman–Crippen LogP) is 1.57. The van der Waals surface area contributed by atoms with Crippen molar-refractivity contribution in [1.82, 2.24) is 0 Å². The number of fused-ring (bicyclic) bond motifs is 3. The molecule has 0 bridgehead atoms. The Labute approximate surface area is 142 Å². The summed E-state index contributed by atoms with van der Waals surface area (Å²) in [6.45, 7) is 0. The van der Waals surface area contributed by atoms with Crippen LogP contribution in [-0.4, -0.2) is 31.3 Å². The molecular weight excluding hydrogens is 332 g/mol. The summed E-state index contributed by atoms with van der Waals surface area (Å²) in [5, 5.41) is 0. The second-order valence-electron chi connectivity index (χ2n) is 5.83. The molecule has 0 saturated carbocycles. The Morgan fingerprint density at radius 1 is 1.20 bits per heavy atom. The number of cyclic esters (lactones) is 1. The first-order chi connectivity index (χ1) is 12.0. The lowest BCUT2D eigenvalue weighted by atomic mass is 9.97. The fourth-order valence-corrected chi connectivity index (χ4v) is 3.09. The summed E-state index contributed by atoms with van der Waals surface area (Å²) in [6, 6.07) is 3.19. The van der Waals surface area contributed by atoms with E-state index in [2.05, 4.69) is 0 Å². The minimum Gasteiger partial charge on any atom is -0.496 e. The summed E-state index contributed by atoms with van der Waals surface area (Å²) in [6.07, 6.45) is 1.17. The summed E-state index contributed by atoms with van der Waals surface area (Å²) in [5.74, 6) is -0.387. The van der Waals surface area contributed by atoms with Gasteiger partial charge in [-0.15, -0.1) is 0 Å². The molecule has 130 valence electrons. The maximum absolute atomic E-state index is 12.2. The molecule has 0 amide bonds. The van der Waals surface area contributed by atoms with Gasteiger partial charge in [-0.2, -0.15) is 0 Å². The van der Waals surface area contributed by atoms with Crippen molar-refractivity contribution >= 4 is 17.9 Å². The Bertz CT molecular complexity index is 809. The number of rotatable bonds is 3. The smallest absolute Gasteiger partial charge is 0.339 e. The van der Waals surface area contributed by atoms with Crippen LogP contribution >= 0.6 is 0 Å². The Kier molecular flexibility index (Phi) is 3.60. The highest BCUT2D eigenvalue weighted by Gasteiger charge is 2.46. The van der Waals surface area contributed by atoms with Crippen molar-refractivity contribution in [1.29, 1.82) is 0 Å². The lowest BCUT2D eigenvalue weighted by Crippen LogP contribution is -2.15. The molecule has 25 heavy (non-hydrogen) atoms. The van der Waals surface area contributed by atoms with E-state index in [1.165, 1.54) is 7.11 Å². The molecule has 4 rings (SSSR count). The molecule has 3 aliphatic rings. The molecule has 3 heterocycles. The maximum Gasteiger partial charge on any atom is 0.339 e. The zero-order chi connectivity index (χ0) is 17.6. The molecule has 0 N–H and O–H groups in total. The summed E-state index contributed by atoms with van der Waals surface area (Å²) >= 11 is 0. The number of allylic oxidation sites excluding steroid dienone is 1. The Hall–Kier alpha value is -3.03. The molecule has 8 nitrogen and oxygen atoms in total. The van der Waals surface area contributed by atoms with Gasteiger partial charge in [-0.1, -0.05) is 0 Å². The maximum atomic E-state index is 12.2. The van der Waals surface area contributed by atoms with E-state index in [9.17, 15) is 14.4 Å². The summed E-state index contributed by atoms with van der Waals surface area (Å²) in [5.41, 5.74) is 0.590. The van der Waals surface area contributed by atoms with Gasteiger partial charge in [-0.3, -0.25) is 9.59 Å². The second-order valence-corrected chi connectivity index (χ2v) is 5.83. The van der Waals surface area contributed by atoms with Gasteiger partial charge in [-0.05, 0) is 0 Å². The highest BCUT2D eigenvalue weighted by molar-refractivity contribution is 5.87. The first-order valence-electron chi connectivity index (χ1n) is 7.74. The molecule has 1 aromatic rings. The number of esters is 3. The van der Waals surface area contributed by atoms with E-state index in [0.717, 1.165) is 6.08 Å². The van der Waals surface area contributed by atoms with Crippen molar-refractivity contribution in [3.8, 4) is 17.2 Å². The topological polar surface area (TPSA) is 97.4 Å². The number of ether oxygens (including phenoxy) is 5. The minimum absolute atomic E-state index is 0.146. The van der Waals surface area contributed by atoms with E-state index in [4.69, 9.17) is 23.7 Å². The number of carbonyl (C=O) groups excluding carboxylic acids is 3. The highest BCUT2D eigenvalue weighted by atomic mass is 16.7. The standard InChI is InChI=1S/C17H14O8/c1-21-9-4-11(23-14(19)6-8-2-3-13(18)22-8)16-10-7-15(20)25-17(10)24-12(16)5-9/h4-6,10,17H,2-3,7H2,1H3/b8-6-/t10-,17-/m0/s1. The molecule has 8 heteroatoms. The van der Waals surface area contributed by atoms with Crippen molar-refractivity contribution < 1.29 is 38.1 Å². The normalized spacial score (nSPS) is 25.1. The van der Waals surface area contributed by atoms with Crippen LogP contribution in [0.25, 0.3) is 0 Å². The number of hydrogen-bond donors (Lipinski definition) is 0. The average Bonchev–Trinajstić information content (AvgIpc) is 3.20. The monoisotopic (exact) mass is 346 g/mol. The SMILES string of the molecule is COc1cc(OC(=O)/C=C2/CCC(=O)O2)c2c(c1)O[C@H]1OC(=O)C[C@@H]21.